The number of carbonyl (C=O) groups is 1. The molecule has 1 fully saturated rings. The van der Waals surface area contributed by atoms with Crippen LogP contribution < -0.4 is 0 Å². The molecule has 0 unspecified atom stereocenters. The van der Waals surface area contributed by atoms with Crippen molar-refractivity contribution < 1.29 is 9.53 Å². The van der Waals surface area contributed by atoms with Crippen LogP contribution in [-0.4, -0.2) is 52.7 Å². The molecule has 1 aromatic rings. The zero-order chi connectivity index (χ0) is 16.9. The van der Waals surface area contributed by atoms with Gasteiger partial charge in [-0.05, 0) is 59.2 Å². The monoisotopic (exact) mass is 319 g/mol. The molecule has 2 rings (SSSR count). The van der Waals surface area contributed by atoms with Crippen LogP contribution in [0.2, 0.25) is 0 Å². The number of likely N-dealkylation sites (tertiary alicyclic amines) is 1. The molecular formula is C18H29N3O2. The molecule has 5 heteroatoms. The highest BCUT2D eigenvalue weighted by atomic mass is 16.6. The summed E-state index contributed by atoms with van der Waals surface area (Å²) in [6.07, 6.45) is 4.89. The molecule has 0 saturated carbocycles. The van der Waals surface area contributed by atoms with E-state index in [4.69, 9.17) is 4.74 Å². The molecular weight excluding hydrogens is 290 g/mol. The second kappa shape index (κ2) is 7.77. The number of nitrogens with zero attached hydrogens (tertiary/aromatic N) is 3. The molecule has 0 bridgehead atoms. The van der Waals surface area contributed by atoms with E-state index >= 15 is 0 Å². The number of ether oxygens (including phenoxy) is 1. The van der Waals surface area contributed by atoms with Gasteiger partial charge in [-0.25, -0.2) is 4.79 Å². The fourth-order valence-corrected chi connectivity index (χ4v) is 2.94. The number of rotatable bonds is 4. The van der Waals surface area contributed by atoms with Crippen molar-refractivity contribution >= 4 is 6.09 Å². The van der Waals surface area contributed by atoms with Gasteiger partial charge >= 0.3 is 6.09 Å². The Balaban J connectivity index is 1.94. The lowest BCUT2D eigenvalue weighted by molar-refractivity contribution is 0.00583. The number of carbonyl (C=O) groups excluding carboxylic acids is 1. The molecule has 5 nitrogen and oxygen atoms in total. The van der Waals surface area contributed by atoms with Crippen LogP contribution in [0.5, 0.6) is 0 Å². The Morgan fingerprint density at radius 2 is 2.17 bits per heavy atom. The summed E-state index contributed by atoms with van der Waals surface area (Å²) in [4.78, 5) is 20.9. The fourth-order valence-electron chi connectivity index (χ4n) is 2.94. The van der Waals surface area contributed by atoms with E-state index in [1.807, 2.05) is 50.1 Å². The Hall–Kier alpha value is -1.62. The maximum absolute atomic E-state index is 12.4. The molecule has 23 heavy (non-hydrogen) atoms. The van der Waals surface area contributed by atoms with Crippen LogP contribution >= 0.6 is 0 Å². The first-order valence-corrected chi connectivity index (χ1v) is 8.43. The molecule has 2 heterocycles. The van der Waals surface area contributed by atoms with Gasteiger partial charge in [0.2, 0.25) is 0 Å². The van der Waals surface area contributed by atoms with Crippen LogP contribution in [-0.2, 0) is 11.3 Å². The third-order valence-corrected chi connectivity index (χ3v) is 3.94. The fraction of sp³-hybridized carbons (Fsp3) is 0.667. The van der Waals surface area contributed by atoms with Gasteiger partial charge in [0, 0.05) is 31.9 Å². The second-order valence-electron chi connectivity index (χ2n) is 7.34. The number of aromatic nitrogens is 1. The van der Waals surface area contributed by atoms with E-state index in [1.54, 1.807) is 0 Å². The highest BCUT2D eigenvalue weighted by molar-refractivity contribution is 5.68. The molecule has 0 N–H and O–H groups in total. The maximum Gasteiger partial charge on any atom is 0.410 e. The molecule has 1 aliphatic rings. The SMILES string of the molecule is CN(Cc1ccccn1)C[C@@H]1CCCCN1C(=O)OC(C)(C)C. The minimum atomic E-state index is -0.445. The largest absolute Gasteiger partial charge is 0.444 e. The van der Waals surface area contributed by atoms with Crippen molar-refractivity contribution in [3.05, 3.63) is 30.1 Å². The molecule has 0 spiro atoms. The third-order valence-electron chi connectivity index (χ3n) is 3.94. The van der Waals surface area contributed by atoms with E-state index in [0.717, 1.165) is 38.2 Å². The van der Waals surface area contributed by atoms with Crippen molar-refractivity contribution in [3.8, 4) is 0 Å². The van der Waals surface area contributed by atoms with Crippen LogP contribution in [0.4, 0.5) is 4.79 Å². The van der Waals surface area contributed by atoms with E-state index in [-0.39, 0.29) is 12.1 Å². The summed E-state index contributed by atoms with van der Waals surface area (Å²) in [6, 6.07) is 6.18. The van der Waals surface area contributed by atoms with Crippen LogP contribution in [0, 0.1) is 0 Å². The summed E-state index contributed by atoms with van der Waals surface area (Å²) in [5.41, 5.74) is 0.605. The van der Waals surface area contributed by atoms with Gasteiger partial charge in [-0.2, -0.15) is 0 Å². The Kier molecular flexibility index (Phi) is 5.99. The van der Waals surface area contributed by atoms with Gasteiger partial charge in [0.1, 0.15) is 5.60 Å². The Morgan fingerprint density at radius 3 is 2.83 bits per heavy atom. The van der Waals surface area contributed by atoms with Crippen molar-refractivity contribution in [2.75, 3.05) is 20.1 Å². The van der Waals surface area contributed by atoms with Gasteiger partial charge < -0.3 is 9.64 Å². The topological polar surface area (TPSA) is 45.7 Å². The maximum atomic E-state index is 12.4. The smallest absolute Gasteiger partial charge is 0.410 e. The number of likely N-dealkylation sites (N-methyl/N-ethyl adjacent to an activating group) is 1. The number of hydrogen-bond acceptors (Lipinski definition) is 4. The average Bonchev–Trinajstić information content (AvgIpc) is 2.47. The zero-order valence-electron chi connectivity index (χ0n) is 14.8. The Morgan fingerprint density at radius 1 is 1.39 bits per heavy atom. The standard InChI is InChI=1S/C18H29N3O2/c1-18(2,3)23-17(22)21-12-8-6-10-16(21)14-20(4)13-15-9-5-7-11-19-15/h5,7,9,11,16H,6,8,10,12-14H2,1-4H3/t16-/m0/s1. The normalized spacial score (nSPS) is 19.0. The molecule has 0 radical (unpaired) electrons. The van der Waals surface area contributed by atoms with Crippen molar-refractivity contribution in [3.63, 3.8) is 0 Å². The van der Waals surface area contributed by atoms with Crippen LogP contribution in [0.3, 0.4) is 0 Å². The van der Waals surface area contributed by atoms with Crippen molar-refractivity contribution in [2.45, 2.75) is 58.2 Å². The minimum Gasteiger partial charge on any atom is -0.444 e. The molecule has 1 aliphatic heterocycles. The van der Waals surface area contributed by atoms with Gasteiger partial charge in [0.15, 0.2) is 0 Å². The predicted molar refractivity (Wildman–Crippen MR) is 91.2 cm³/mol. The van der Waals surface area contributed by atoms with Crippen LogP contribution in [0.25, 0.3) is 0 Å². The third kappa shape index (κ3) is 5.82. The molecule has 1 aromatic heterocycles. The quantitative estimate of drug-likeness (QED) is 0.854. The first-order valence-electron chi connectivity index (χ1n) is 8.43. The molecule has 0 aromatic carbocycles. The second-order valence-corrected chi connectivity index (χ2v) is 7.34. The van der Waals surface area contributed by atoms with Gasteiger partial charge in [-0.1, -0.05) is 6.07 Å². The van der Waals surface area contributed by atoms with Gasteiger partial charge in [0.25, 0.3) is 0 Å². The molecule has 128 valence electrons. The number of pyridine rings is 1. The first kappa shape index (κ1) is 17.7. The molecule has 1 saturated heterocycles. The summed E-state index contributed by atoms with van der Waals surface area (Å²) < 4.78 is 5.56. The van der Waals surface area contributed by atoms with Crippen molar-refractivity contribution in [1.82, 2.24) is 14.8 Å². The molecule has 0 aliphatic carbocycles. The van der Waals surface area contributed by atoms with E-state index < -0.39 is 5.60 Å². The van der Waals surface area contributed by atoms with Crippen molar-refractivity contribution in [1.29, 1.82) is 0 Å². The number of hydrogen-bond donors (Lipinski definition) is 0. The summed E-state index contributed by atoms with van der Waals surface area (Å²) >= 11 is 0. The first-order chi connectivity index (χ1) is 10.8. The van der Waals surface area contributed by atoms with Crippen molar-refractivity contribution in [2.24, 2.45) is 0 Å². The van der Waals surface area contributed by atoms with Gasteiger partial charge in [-0.15, -0.1) is 0 Å². The predicted octanol–water partition coefficient (Wildman–Crippen LogP) is 3.30. The van der Waals surface area contributed by atoms with Gasteiger partial charge in [0.05, 0.1) is 5.69 Å². The minimum absolute atomic E-state index is 0.187. The Labute approximate surface area is 139 Å². The Bertz CT molecular complexity index is 499. The van der Waals surface area contributed by atoms with Gasteiger partial charge in [-0.3, -0.25) is 9.88 Å². The molecule has 1 amide bonds. The van der Waals surface area contributed by atoms with E-state index in [9.17, 15) is 4.79 Å². The zero-order valence-corrected chi connectivity index (χ0v) is 14.8. The molecule has 1 atom stereocenters. The summed E-state index contributed by atoms with van der Waals surface area (Å²) in [7, 11) is 2.08. The average molecular weight is 319 g/mol. The highest BCUT2D eigenvalue weighted by Crippen LogP contribution is 2.21. The van der Waals surface area contributed by atoms with Crippen LogP contribution in [0.15, 0.2) is 24.4 Å². The lowest BCUT2D eigenvalue weighted by Crippen LogP contribution is -2.50. The van der Waals surface area contributed by atoms with E-state index in [0.29, 0.717) is 0 Å². The highest BCUT2D eigenvalue weighted by Gasteiger charge is 2.31. The van der Waals surface area contributed by atoms with Crippen LogP contribution in [0.1, 0.15) is 45.7 Å². The lowest BCUT2D eigenvalue weighted by atomic mass is 10.0. The van der Waals surface area contributed by atoms with E-state index in [1.165, 1.54) is 6.42 Å². The van der Waals surface area contributed by atoms with E-state index in [2.05, 4.69) is 16.9 Å². The summed E-state index contributed by atoms with van der Waals surface area (Å²) in [5, 5.41) is 0. The summed E-state index contributed by atoms with van der Waals surface area (Å²) in [6.45, 7) is 8.16. The number of piperidine rings is 1. The summed E-state index contributed by atoms with van der Waals surface area (Å²) in [5.74, 6) is 0. The lowest BCUT2D eigenvalue weighted by Gasteiger charge is -2.38. The number of amides is 1.